The molecule has 0 spiro atoms. The second-order valence-electron chi connectivity index (χ2n) is 9.70. The predicted molar refractivity (Wildman–Crippen MR) is 162 cm³/mol. The average molecular weight is 673 g/mol. The van der Waals surface area contributed by atoms with Crippen molar-refractivity contribution in [2.24, 2.45) is 5.16 Å². The molecule has 4 heterocycles. The highest BCUT2D eigenvalue weighted by Crippen LogP contribution is 2.40. The van der Waals surface area contributed by atoms with Crippen molar-refractivity contribution >= 4 is 74.6 Å². The summed E-state index contributed by atoms with van der Waals surface area (Å²) in [6, 6.07) is 4.22. The van der Waals surface area contributed by atoms with Crippen LogP contribution in [0.3, 0.4) is 0 Å². The molecule has 3 aromatic rings. The van der Waals surface area contributed by atoms with Gasteiger partial charge in [0.2, 0.25) is 11.7 Å². The number of carboxylic acids is 2. The maximum atomic E-state index is 13.5. The lowest BCUT2D eigenvalue weighted by Crippen LogP contribution is -2.71. The fraction of sp³-hybridized carbons (Fsp3) is 0.259. The van der Waals surface area contributed by atoms with Crippen LogP contribution in [0.2, 0.25) is 0 Å². The van der Waals surface area contributed by atoms with E-state index in [9.17, 15) is 39.0 Å². The van der Waals surface area contributed by atoms with Crippen LogP contribution in [-0.2, 0) is 33.5 Å². The Morgan fingerprint density at radius 1 is 1.22 bits per heavy atom. The predicted octanol–water partition coefficient (Wildman–Crippen LogP) is 0.424. The maximum Gasteiger partial charge on any atom is 0.352 e. The zero-order chi connectivity index (χ0) is 33.3. The summed E-state index contributed by atoms with van der Waals surface area (Å²) in [5, 5.41) is 27.0. The quantitative estimate of drug-likeness (QED) is 0.0801. The van der Waals surface area contributed by atoms with Crippen molar-refractivity contribution in [1.29, 1.82) is 0 Å². The van der Waals surface area contributed by atoms with Crippen molar-refractivity contribution in [3.05, 3.63) is 62.5 Å². The number of amides is 2. The molecule has 1 unspecified atom stereocenters. The third-order valence-corrected chi connectivity index (χ3v) is 8.85. The van der Waals surface area contributed by atoms with Crippen LogP contribution in [0, 0.1) is 0 Å². The molecule has 6 N–H and O–H groups in total. The van der Waals surface area contributed by atoms with Crippen LogP contribution in [0.15, 0.2) is 50.9 Å². The maximum absolute atomic E-state index is 13.5. The topological polar surface area (TPSA) is 253 Å². The van der Waals surface area contributed by atoms with E-state index in [4.69, 9.17) is 20.0 Å². The Hall–Kier alpha value is -5.43. The molecule has 2 aliphatic rings. The molecule has 17 nitrogen and oxygen atoms in total. The van der Waals surface area contributed by atoms with Crippen LogP contribution in [0.1, 0.15) is 24.3 Å². The number of methoxy groups -OCH3 is 1. The van der Waals surface area contributed by atoms with Crippen LogP contribution < -0.4 is 21.3 Å². The number of oxime groups is 1. The highest BCUT2D eigenvalue weighted by molar-refractivity contribution is 8.00. The van der Waals surface area contributed by atoms with Crippen molar-refractivity contribution < 1.29 is 48.5 Å². The van der Waals surface area contributed by atoms with Gasteiger partial charge in [0.1, 0.15) is 35.2 Å². The molecule has 240 valence electrons. The summed E-state index contributed by atoms with van der Waals surface area (Å²) >= 11 is 2.11. The van der Waals surface area contributed by atoms with Crippen LogP contribution in [0.4, 0.5) is 5.13 Å². The zero-order valence-corrected chi connectivity index (χ0v) is 25.5. The number of hydrogen-bond donors (Lipinski definition) is 5. The van der Waals surface area contributed by atoms with E-state index in [2.05, 4.69) is 20.4 Å². The minimum atomic E-state index is -1.79. The summed E-state index contributed by atoms with van der Waals surface area (Å²) in [5.41, 5.74) is 4.85. The first-order valence-electron chi connectivity index (χ1n) is 13.1. The minimum Gasteiger partial charge on any atom is -0.495 e. The Bertz CT molecular complexity index is 1900. The summed E-state index contributed by atoms with van der Waals surface area (Å²) in [6.45, 7) is 0.847. The van der Waals surface area contributed by atoms with Crippen molar-refractivity contribution in [2.45, 2.75) is 24.4 Å². The third-order valence-electron chi connectivity index (χ3n) is 6.83. The number of pyridine rings is 1. The number of nitrogen functional groups attached to an aromatic ring is 1. The van der Waals surface area contributed by atoms with E-state index in [0.717, 1.165) is 28.0 Å². The second-order valence-corrected chi connectivity index (χ2v) is 11.7. The number of H-pyrrole nitrogens is 1. The molecule has 5 rings (SSSR count). The first-order valence-corrected chi connectivity index (χ1v) is 15.1. The number of nitrogens with zero attached hydrogens (tertiary/aromatic N) is 3. The highest BCUT2D eigenvalue weighted by Gasteiger charge is 2.54. The van der Waals surface area contributed by atoms with Crippen LogP contribution in [0.25, 0.3) is 10.9 Å². The lowest BCUT2D eigenvalue weighted by molar-refractivity contribution is -0.151. The number of benzene rings is 1. The number of rotatable bonds is 11. The van der Waals surface area contributed by atoms with Gasteiger partial charge in [0, 0.05) is 40.6 Å². The minimum absolute atomic E-state index is 0.0562. The van der Waals surface area contributed by atoms with Crippen LogP contribution in [-0.4, -0.2) is 91.4 Å². The van der Waals surface area contributed by atoms with E-state index in [1.54, 1.807) is 0 Å². The van der Waals surface area contributed by atoms with Gasteiger partial charge in [0.05, 0.1) is 12.6 Å². The van der Waals surface area contributed by atoms with Gasteiger partial charge in [-0.25, -0.2) is 14.6 Å². The monoisotopic (exact) mass is 672 g/mol. The number of carbonyl (C=O) groups is 5. The lowest BCUT2D eigenvalue weighted by atomic mass is 10.0. The Morgan fingerprint density at radius 2 is 1.98 bits per heavy atom. The van der Waals surface area contributed by atoms with Crippen molar-refractivity contribution in [3.8, 4) is 5.75 Å². The van der Waals surface area contributed by atoms with Crippen molar-refractivity contribution in [1.82, 2.24) is 20.2 Å². The van der Waals surface area contributed by atoms with Gasteiger partial charge in [-0.3, -0.25) is 24.1 Å². The zero-order valence-electron chi connectivity index (χ0n) is 23.8. The number of nitrogens with one attached hydrogen (secondary N) is 2. The number of aromatic amines is 1. The number of thioether (sulfide) groups is 1. The molecular formula is C27H24N6O11S2. The molecule has 0 aliphatic carbocycles. The second kappa shape index (κ2) is 12.9. The summed E-state index contributed by atoms with van der Waals surface area (Å²) < 4.78 is 10.2. The SMILES string of the molecule is COc1ccc(C(O/N=C(\C(=O)N[C@@H]2C(=O)N3C(C(=O)O)=C(COC(C)=O)CS[C@H]23)c2csc(N)n2)C(=O)O)c2ccc(=O)[nH]c12. The number of carboxylic acid groups (broad SMARTS) is 2. The number of esters is 1. The standard InChI is InChI=1S/C27H24N6O11S2/c1-10(34)43-7-11-8-45-24-19(23(37)33(24)20(11)25(38)39)31-22(36)18(14-9-46-27(28)29-14)32-44-21(26(40)41)13-3-5-15(42-2)17-12(13)4-6-16(35)30-17/h3-6,9,19,21,24H,7-8H2,1-2H3,(H2,28,29)(H,30,35)(H,31,36)(H,38,39)(H,40,41)/b32-18-/t19-,21?,24-/m1/s1. The summed E-state index contributed by atoms with van der Waals surface area (Å²) in [4.78, 5) is 87.2. The number of carbonyl (C=O) groups excluding carboxylic acids is 3. The van der Waals surface area contributed by atoms with Crippen LogP contribution >= 0.6 is 23.1 Å². The molecular weight excluding hydrogens is 648 g/mol. The number of thiazole rings is 1. The number of nitrogens with two attached hydrogens (primary N) is 1. The van der Waals surface area contributed by atoms with Gasteiger partial charge in [-0.15, -0.1) is 23.1 Å². The van der Waals surface area contributed by atoms with Gasteiger partial charge in [-0.1, -0.05) is 11.2 Å². The number of fused-ring (bicyclic) bond motifs is 2. The number of β-lactam (4-membered cyclic amide) rings is 1. The molecule has 2 amide bonds. The van der Waals surface area contributed by atoms with E-state index < -0.39 is 58.5 Å². The fourth-order valence-corrected chi connectivity index (χ4v) is 6.66. The Kier molecular flexibility index (Phi) is 8.96. The summed E-state index contributed by atoms with van der Waals surface area (Å²) in [6.07, 6.45) is -1.79. The number of ether oxygens (including phenoxy) is 2. The molecule has 3 atom stereocenters. The van der Waals surface area contributed by atoms with E-state index in [1.807, 2.05) is 0 Å². The molecule has 0 radical (unpaired) electrons. The van der Waals surface area contributed by atoms with Crippen LogP contribution in [0.5, 0.6) is 5.75 Å². The molecule has 19 heteroatoms. The Labute approximate surface area is 266 Å². The smallest absolute Gasteiger partial charge is 0.352 e. The van der Waals surface area contributed by atoms with E-state index in [1.165, 1.54) is 43.7 Å². The van der Waals surface area contributed by atoms with Gasteiger partial charge >= 0.3 is 17.9 Å². The average Bonchev–Trinajstić information content (AvgIpc) is 3.44. The molecule has 0 saturated carbocycles. The number of aromatic nitrogens is 2. The van der Waals surface area contributed by atoms with Gasteiger partial charge in [0.25, 0.3) is 11.8 Å². The molecule has 1 aromatic carbocycles. The molecule has 0 bridgehead atoms. The molecule has 2 aromatic heterocycles. The molecule has 2 aliphatic heterocycles. The lowest BCUT2D eigenvalue weighted by Gasteiger charge is -2.49. The summed E-state index contributed by atoms with van der Waals surface area (Å²) in [7, 11) is 1.37. The van der Waals surface area contributed by atoms with Gasteiger partial charge in [-0.2, -0.15) is 0 Å². The first-order chi connectivity index (χ1) is 21.9. The van der Waals surface area contributed by atoms with Gasteiger partial charge in [-0.05, 0) is 12.1 Å². The summed E-state index contributed by atoms with van der Waals surface area (Å²) in [5.74, 6) is -4.88. The van der Waals surface area contributed by atoms with Gasteiger partial charge in [0.15, 0.2) is 10.8 Å². The van der Waals surface area contributed by atoms with E-state index >= 15 is 0 Å². The van der Waals surface area contributed by atoms with Crippen molar-refractivity contribution in [2.75, 3.05) is 25.2 Å². The first kappa shape index (κ1) is 32.0. The number of anilines is 1. The molecule has 1 fully saturated rings. The number of hydrogen-bond acceptors (Lipinski definition) is 14. The largest absolute Gasteiger partial charge is 0.495 e. The van der Waals surface area contributed by atoms with E-state index in [0.29, 0.717) is 0 Å². The number of aliphatic carboxylic acids is 2. The third kappa shape index (κ3) is 6.09. The normalized spacial score (nSPS) is 18.3. The molecule has 46 heavy (non-hydrogen) atoms. The van der Waals surface area contributed by atoms with Gasteiger partial charge < -0.3 is 40.6 Å². The fourth-order valence-electron chi connectivity index (χ4n) is 4.78. The Morgan fingerprint density at radius 3 is 2.61 bits per heavy atom. The molecule has 1 saturated heterocycles. The van der Waals surface area contributed by atoms with Crippen molar-refractivity contribution in [3.63, 3.8) is 0 Å². The van der Waals surface area contributed by atoms with E-state index in [-0.39, 0.29) is 56.7 Å². The Balaban J connectivity index is 1.43. The highest BCUT2D eigenvalue weighted by atomic mass is 32.2.